The normalized spacial score (nSPS) is 16.7. The van der Waals surface area contributed by atoms with Crippen LogP contribution in [0.4, 0.5) is 5.82 Å². The molecule has 122 valence electrons. The van der Waals surface area contributed by atoms with Gasteiger partial charge >= 0.3 is 0 Å². The third kappa shape index (κ3) is 4.16. The van der Waals surface area contributed by atoms with Crippen molar-refractivity contribution in [2.24, 2.45) is 0 Å². The second kappa shape index (κ2) is 6.60. The Bertz CT molecular complexity index is 498. The van der Waals surface area contributed by atoms with Gasteiger partial charge in [0.05, 0.1) is 12.2 Å². The van der Waals surface area contributed by atoms with E-state index < -0.39 is 0 Å². The van der Waals surface area contributed by atoms with Crippen molar-refractivity contribution >= 4 is 11.7 Å². The quantitative estimate of drug-likeness (QED) is 0.833. The van der Waals surface area contributed by atoms with Gasteiger partial charge in [0, 0.05) is 45.7 Å². The predicted molar refractivity (Wildman–Crippen MR) is 88.1 cm³/mol. The summed E-state index contributed by atoms with van der Waals surface area (Å²) in [5, 5.41) is 8.71. The summed E-state index contributed by atoms with van der Waals surface area (Å²) in [6, 6.07) is 4.11. The number of likely N-dealkylation sites (N-methyl/N-ethyl adjacent to an activating group) is 1. The number of carbonyl (C=O) groups is 1. The molecule has 0 saturated carbocycles. The van der Waals surface area contributed by atoms with Gasteiger partial charge < -0.3 is 9.80 Å². The molecule has 22 heavy (non-hydrogen) atoms. The highest BCUT2D eigenvalue weighted by Gasteiger charge is 2.21. The van der Waals surface area contributed by atoms with Crippen LogP contribution in [0.15, 0.2) is 12.1 Å². The van der Waals surface area contributed by atoms with Crippen molar-refractivity contribution in [3.8, 4) is 0 Å². The molecule has 1 aliphatic heterocycles. The average molecular weight is 305 g/mol. The lowest BCUT2D eigenvalue weighted by molar-refractivity contribution is -0.129. The Labute approximate surface area is 133 Å². The van der Waals surface area contributed by atoms with Gasteiger partial charge in [0.15, 0.2) is 5.82 Å². The number of carbonyl (C=O) groups excluding carboxylic acids is 1. The van der Waals surface area contributed by atoms with Gasteiger partial charge in [-0.2, -0.15) is 5.10 Å². The summed E-state index contributed by atoms with van der Waals surface area (Å²) in [6.07, 6.45) is 0. The molecule has 0 atom stereocenters. The molecule has 1 aromatic rings. The largest absolute Gasteiger partial charge is 0.353 e. The van der Waals surface area contributed by atoms with Gasteiger partial charge in [-0.3, -0.25) is 9.69 Å². The third-order valence-corrected chi connectivity index (χ3v) is 3.97. The molecular weight excluding hydrogens is 278 g/mol. The van der Waals surface area contributed by atoms with Crippen LogP contribution in [0.2, 0.25) is 0 Å². The maximum absolute atomic E-state index is 11.7. The van der Waals surface area contributed by atoms with Crippen LogP contribution in [0.5, 0.6) is 0 Å². The maximum Gasteiger partial charge on any atom is 0.236 e. The molecule has 0 aliphatic carbocycles. The smallest absolute Gasteiger partial charge is 0.236 e. The Morgan fingerprint density at radius 1 is 1.14 bits per heavy atom. The second-order valence-electron chi connectivity index (χ2n) is 7.08. The van der Waals surface area contributed by atoms with Crippen LogP contribution in [0.3, 0.4) is 0 Å². The van der Waals surface area contributed by atoms with Crippen LogP contribution < -0.4 is 4.90 Å². The molecule has 6 nitrogen and oxygen atoms in total. The summed E-state index contributed by atoms with van der Waals surface area (Å²) < 4.78 is 0. The minimum Gasteiger partial charge on any atom is -0.353 e. The molecule has 0 unspecified atom stereocenters. The highest BCUT2D eigenvalue weighted by Crippen LogP contribution is 2.21. The van der Waals surface area contributed by atoms with Gasteiger partial charge in [-0.25, -0.2) is 0 Å². The highest BCUT2D eigenvalue weighted by atomic mass is 16.2. The zero-order valence-corrected chi connectivity index (χ0v) is 14.3. The molecule has 1 saturated heterocycles. The lowest BCUT2D eigenvalue weighted by Crippen LogP contribution is -2.49. The Morgan fingerprint density at radius 3 is 2.23 bits per heavy atom. The van der Waals surface area contributed by atoms with Crippen molar-refractivity contribution in [1.82, 2.24) is 20.0 Å². The number of aromatic nitrogens is 2. The molecule has 1 fully saturated rings. The zero-order valence-electron chi connectivity index (χ0n) is 14.3. The molecule has 1 aliphatic rings. The van der Waals surface area contributed by atoms with Crippen molar-refractivity contribution in [3.63, 3.8) is 0 Å². The molecule has 0 radical (unpaired) electrons. The second-order valence-corrected chi connectivity index (χ2v) is 7.08. The van der Waals surface area contributed by atoms with Crippen LogP contribution in [0.25, 0.3) is 0 Å². The van der Waals surface area contributed by atoms with Crippen molar-refractivity contribution in [2.75, 3.05) is 51.7 Å². The first-order valence-corrected chi connectivity index (χ1v) is 7.79. The highest BCUT2D eigenvalue weighted by molar-refractivity contribution is 5.77. The fourth-order valence-electron chi connectivity index (χ4n) is 2.36. The van der Waals surface area contributed by atoms with Gasteiger partial charge in [-0.1, -0.05) is 20.8 Å². The zero-order chi connectivity index (χ0) is 16.3. The summed E-state index contributed by atoms with van der Waals surface area (Å²) in [5.41, 5.74) is 1.03. The van der Waals surface area contributed by atoms with Crippen molar-refractivity contribution in [2.45, 2.75) is 26.2 Å². The summed E-state index contributed by atoms with van der Waals surface area (Å²) in [4.78, 5) is 17.8. The Kier molecular flexibility index (Phi) is 5.01. The Morgan fingerprint density at radius 2 is 1.77 bits per heavy atom. The van der Waals surface area contributed by atoms with Crippen LogP contribution in [-0.2, 0) is 10.2 Å². The molecule has 0 N–H and O–H groups in total. The van der Waals surface area contributed by atoms with Gasteiger partial charge in [0.25, 0.3) is 0 Å². The number of hydrogen-bond acceptors (Lipinski definition) is 5. The van der Waals surface area contributed by atoms with E-state index in [1.807, 2.05) is 6.07 Å². The van der Waals surface area contributed by atoms with Crippen LogP contribution >= 0.6 is 0 Å². The first-order valence-electron chi connectivity index (χ1n) is 7.79. The number of nitrogens with zero attached hydrogens (tertiary/aromatic N) is 5. The van der Waals surface area contributed by atoms with E-state index in [9.17, 15) is 4.79 Å². The van der Waals surface area contributed by atoms with E-state index in [0.717, 1.165) is 37.7 Å². The summed E-state index contributed by atoms with van der Waals surface area (Å²) in [6.45, 7) is 10.4. The molecule has 1 amide bonds. The van der Waals surface area contributed by atoms with Crippen molar-refractivity contribution in [1.29, 1.82) is 0 Å². The van der Waals surface area contributed by atoms with Crippen molar-refractivity contribution in [3.05, 3.63) is 17.8 Å². The van der Waals surface area contributed by atoms with Gasteiger partial charge in [-0.05, 0) is 12.1 Å². The molecule has 0 spiro atoms. The summed E-state index contributed by atoms with van der Waals surface area (Å²) >= 11 is 0. The van der Waals surface area contributed by atoms with Gasteiger partial charge in [0.2, 0.25) is 5.91 Å². The summed E-state index contributed by atoms with van der Waals surface area (Å²) in [5.74, 6) is 1.08. The van der Waals surface area contributed by atoms with E-state index in [1.165, 1.54) is 0 Å². The minimum absolute atomic E-state index is 0.0246. The lowest BCUT2D eigenvalue weighted by Gasteiger charge is -2.35. The molecule has 2 heterocycles. The Hall–Kier alpha value is -1.69. The minimum atomic E-state index is 0.0246. The summed E-state index contributed by atoms with van der Waals surface area (Å²) in [7, 11) is 3.59. The first-order chi connectivity index (χ1) is 10.3. The molecule has 0 bridgehead atoms. The third-order valence-electron chi connectivity index (χ3n) is 3.97. The number of anilines is 1. The molecule has 0 aromatic carbocycles. The van der Waals surface area contributed by atoms with E-state index in [1.54, 1.807) is 19.0 Å². The van der Waals surface area contributed by atoms with E-state index in [-0.39, 0.29) is 11.3 Å². The number of amides is 1. The Balaban J connectivity index is 1.90. The fraction of sp³-hybridized carbons (Fsp3) is 0.688. The van der Waals surface area contributed by atoms with Gasteiger partial charge in [-0.15, -0.1) is 5.10 Å². The topological polar surface area (TPSA) is 52.6 Å². The van der Waals surface area contributed by atoms with Crippen LogP contribution in [0.1, 0.15) is 26.5 Å². The van der Waals surface area contributed by atoms with Crippen molar-refractivity contribution < 1.29 is 4.79 Å². The molecule has 1 aromatic heterocycles. The average Bonchev–Trinajstić information content (AvgIpc) is 2.47. The number of piperazine rings is 1. The number of rotatable bonds is 3. The van der Waals surface area contributed by atoms with E-state index >= 15 is 0 Å². The number of hydrogen-bond donors (Lipinski definition) is 0. The van der Waals surface area contributed by atoms with E-state index in [4.69, 9.17) is 0 Å². The molecule has 6 heteroatoms. The van der Waals surface area contributed by atoms with Crippen LogP contribution in [-0.4, -0.2) is 72.7 Å². The SMILES string of the molecule is CN(C)C(=O)CN1CCN(c2ccc(C(C)(C)C)nn2)CC1. The first kappa shape index (κ1) is 16.7. The maximum atomic E-state index is 11.7. The predicted octanol–water partition coefficient (Wildman–Crippen LogP) is 0.984. The van der Waals surface area contributed by atoms with Gasteiger partial charge in [0.1, 0.15) is 0 Å². The lowest BCUT2D eigenvalue weighted by atomic mass is 9.92. The monoisotopic (exact) mass is 305 g/mol. The van der Waals surface area contributed by atoms with Crippen LogP contribution in [0, 0.1) is 0 Å². The van der Waals surface area contributed by atoms with E-state index in [2.05, 4.69) is 46.8 Å². The standard InChI is InChI=1S/C16H27N5O/c1-16(2,3)13-6-7-14(18-17-13)21-10-8-20(9-11-21)12-15(22)19(4)5/h6-7H,8-12H2,1-5H3. The fourth-order valence-corrected chi connectivity index (χ4v) is 2.36. The van der Waals surface area contributed by atoms with E-state index in [0.29, 0.717) is 6.54 Å². The molecule has 2 rings (SSSR count). The molecular formula is C16H27N5O.